The predicted molar refractivity (Wildman–Crippen MR) is 158 cm³/mol. The van der Waals surface area contributed by atoms with Crippen molar-refractivity contribution in [2.24, 2.45) is 9.98 Å². The molecule has 0 aliphatic carbocycles. The third-order valence-electron chi connectivity index (χ3n) is 5.43. The molecule has 190 valence electrons. The topological polar surface area (TPSA) is 56.3 Å². The molecule has 2 aromatic heterocycles. The van der Waals surface area contributed by atoms with E-state index in [1.54, 1.807) is 0 Å². The summed E-state index contributed by atoms with van der Waals surface area (Å²) in [5.41, 5.74) is 8.67. The number of nitrogens with one attached hydrogen (secondary N) is 2. The van der Waals surface area contributed by atoms with Crippen LogP contribution < -0.4 is 10.7 Å². The summed E-state index contributed by atoms with van der Waals surface area (Å²) < 4.78 is 0. The summed E-state index contributed by atoms with van der Waals surface area (Å²) >= 11 is 0. The van der Waals surface area contributed by atoms with Gasteiger partial charge in [0, 0.05) is 26.4 Å². The molecular formula is C30H50N4. The van der Waals surface area contributed by atoms with Crippen LogP contribution in [0.15, 0.2) is 69.8 Å². The van der Waals surface area contributed by atoms with Gasteiger partial charge in [0.25, 0.3) is 0 Å². The summed E-state index contributed by atoms with van der Waals surface area (Å²) in [6.45, 7) is 22.3. The molecule has 0 fully saturated rings. The van der Waals surface area contributed by atoms with Crippen molar-refractivity contribution in [3.63, 3.8) is 0 Å². The zero-order valence-electron chi connectivity index (χ0n) is 23.1. The highest BCUT2D eigenvalue weighted by atomic mass is 14.9. The largest absolute Gasteiger partial charge is 0.357 e. The monoisotopic (exact) mass is 469 g/mol. The normalized spacial score (nSPS) is 20.6. The summed E-state index contributed by atoms with van der Waals surface area (Å²) in [4.78, 5) is 16.8. The van der Waals surface area contributed by atoms with E-state index in [1.807, 2.05) is 55.4 Å². The third-order valence-corrected chi connectivity index (χ3v) is 5.43. The minimum Gasteiger partial charge on any atom is -0.357 e. The average Bonchev–Trinajstić information content (AvgIpc) is 3.73. The summed E-state index contributed by atoms with van der Waals surface area (Å²) in [6.07, 6.45) is 8.41. The van der Waals surface area contributed by atoms with Crippen LogP contribution in [-0.2, 0) is 0 Å². The number of hydrogen-bond donors (Lipinski definition) is 2. The van der Waals surface area contributed by atoms with Crippen LogP contribution in [0.3, 0.4) is 0 Å². The smallest absolute Gasteiger partial charge is 0.109 e. The number of aromatic nitrogens is 2. The quantitative estimate of drug-likeness (QED) is 0.394. The molecule has 0 radical (unpaired) electrons. The molecule has 3 aliphatic rings. The highest BCUT2D eigenvalue weighted by Gasteiger charge is 2.19. The molecular weight excluding hydrogens is 416 g/mol. The van der Waals surface area contributed by atoms with Gasteiger partial charge < -0.3 is 9.97 Å². The predicted octanol–water partition coefficient (Wildman–Crippen LogP) is 7.93. The second kappa shape index (κ2) is 14.2. The lowest BCUT2D eigenvalue weighted by molar-refractivity contribution is 0.889. The van der Waals surface area contributed by atoms with Crippen molar-refractivity contribution in [2.75, 3.05) is 0 Å². The molecule has 0 aromatic carbocycles. The van der Waals surface area contributed by atoms with Gasteiger partial charge in [-0.25, -0.2) is 4.99 Å². The molecule has 0 saturated carbocycles. The Balaban J connectivity index is -0.000000966. The lowest BCUT2D eigenvalue weighted by Crippen LogP contribution is -2.16. The summed E-state index contributed by atoms with van der Waals surface area (Å²) in [5.74, 6) is 0. The minimum atomic E-state index is 0. The van der Waals surface area contributed by atoms with Crippen molar-refractivity contribution < 1.29 is 4.28 Å². The van der Waals surface area contributed by atoms with E-state index in [0.29, 0.717) is 0 Å². The van der Waals surface area contributed by atoms with Crippen LogP contribution in [0.5, 0.6) is 0 Å². The fraction of sp³-hybridized carbons (Fsp3) is 0.400. The third kappa shape index (κ3) is 6.05. The van der Waals surface area contributed by atoms with E-state index < -0.39 is 0 Å². The zero-order valence-corrected chi connectivity index (χ0v) is 23.1. The number of fused-ring (bicyclic) bond motifs is 7. The molecule has 34 heavy (non-hydrogen) atoms. The standard InChI is InChI=1S/C22H20N4.4C2H6.3H2/c1-12-15-4-6-17(23-15)13(2)19-8-10-21(25-19)22-11-9-20(26-22)14(3)18-7-5-16(12)24-18;4*1-2;;;/h4-11,21,24,26H,1-3H3;4*1-2H3;3*1H/b16-12?,17-13-,18-14-;;;;;;;/i;;;;;3*1+1. The molecule has 0 saturated heterocycles. The maximum Gasteiger partial charge on any atom is 0.109 e. The summed E-state index contributed by atoms with van der Waals surface area (Å²) in [5, 5.41) is 2.21. The van der Waals surface area contributed by atoms with Gasteiger partial charge >= 0.3 is 0 Å². The Hall–Kier alpha value is -3.14. The number of rotatable bonds is 0. The van der Waals surface area contributed by atoms with Crippen molar-refractivity contribution in [1.29, 1.82) is 0 Å². The van der Waals surface area contributed by atoms with Crippen molar-refractivity contribution in [1.82, 2.24) is 9.97 Å². The van der Waals surface area contributed by atoms with E-state index in [-0.39, 0.29) is 10.3 Å². The van der Waals surface area contributed by atoms with Crippen LogP contribution in [0.1, 0.15) is 97.9 Å². The molecule has 5 heterocycles. The van der Waals surface area contributed by atoms with Gasteiger partial charge in [0.15, 0.2) is 0 Å². The first kappa shape index (κ1) is 28.9. The Kier molecular flexibility index (Phi) is 12.1. The minimum absolute atomic E-state index is 0. The summed E-state index contributed by atoms with van der Waals surface area (Å²) in [7, 11) is 0. The molecule has 8 bridgehead atoms. The van der Waals surface area contributed by atoms with Gasteiger partial charge in [-0.05, 0) is 80.0 Å². The van der Waals surface area contributed by atoms with Crippen LogP contribution in [0.25, 0.3) is 11.1 Å². The van der Waals surface area contributed by atoms with Gasteiger partial charge in [0.1, 0.15) is 6.04 Å². The maximum absolute atomic E-state index is 4.89. The van der Waals surface area contributed by atoms with Crippen molar-refractivity contribution in [3.05, 3.63) is 81.9 Å². The van der Waals surface area contributed by atoms with Gasteiger partial charge in [-0.15, -0.1) is 0 Å². The van der Waals surface area contributed by atoms with Crippen LogP contribution in [0.2, 0.25) is 0 Å². The van der Waals surface area contributed by atoms with E-state index in [9.17, 15) is 0 Å². The molecule has 1 atom stereocenters. The van der Waals surface area contributed by atoms with Crippen LogP contribution in [-0.4, -0.2) is 21.4 Å². The second-order valence-electron chi connectivity index (χ2n) is 7.02. The lowest BCUT2D eigenvalue weighted by atomic mass is 10.1. The van der Waals surface area contributed by atoms with Gasteiger partial charge in [0.2, 0.25) is 0 Å². The van der Waals surface area contributed by atoms with E-state index in [4.69, 9.17) is 9.98 Å². The van der Waals surface area contributed by atoms with Gasteiger partial charge in [-0.1, -0.05) is 61.5 Å². The number of aromatic amines is 2. The molecule has 2 aromatic rings. The van der Waals surface area contributed by atoms with E-state index >= 15 is 0 Å². The highest BCUT2D eigenvalue weighted by Crippen LogP contribution is 2.28. The zero-order chi connectivity index (χ0) is 25.8. The maximum atomic E-state index is 4.89. The van der Waals surface area contributed by atoms with Crippen molar-refractivity contribution >= 4 is 22.6 Å². The Morgan fingerprint density at radius 2 is 1.26 bits per heavy atom. The van der Waals surface area contributed by atoms with Gasteiger partial charge in [-0.2, -0.15) is 0 Å². The Morgan fingerprint density at radius 3 is 1.91 bits per heavy atom. The van der Waals surface area contributed by atoms with E-state index in [2.05, 4.69) is 79.3 Å². The number of H-pyrrole nitrogens is 2. The molecule has 4 heteroatoms. The fourth-order valence-corrected chi connectivity index (χ4v) is 3.64. The van der Waals surface area contributed by atoms with Crippen LogP contribution >= 0.6 is 0 Å². The molecule has 3 aliphatic heterocycles. The average molecular weight is 470 g/mol. The molecule has 5 rings (SSSR count). The van der Waals surface area contributed by atoms with Gasteiger partial charge in [-0.3, -0.25) is 4.99 Å². The number of nitrogens with zero attached hydrogens (tertiary/aromatic N) is 2. The van der Waals surface area contributed by atoms with E-state index in [1.165, 1.54) is 5.57 Å². The lowest BCUT2D eigenvalue weighted by Gasteiger charge is -2.04. The summed E-state index contributed by atoms with van der Waals surface area (Å²) in [6, 6.07) is 8.56. The number of aliphatic imine (C=N–C) groups is 2. The molecule has 2 N–H and O–H groups in total. The molecule has 0 spiro atoms. The van der Waals surface area contributed by atoms with Crippen LogP contribution in [0.4, 0.5) is 0 Å². The number of allylic oxidation sites excluding steroid dienone is 4. The first-order valence-corrected chi connectivity index (χ1v) is 12.9. The first-order chi connectivity index (χ1) is 16.6. The van der Waals surface area contributed by atoms with Crippen LogP contribution in [0, 0.1) is 0 Å². The Labute approximate surface area is 211 Å². The number of hydrogen-bond acceptors (Lipinski definition) is 2. The fourth-order valence-electron chi connectivity index (χ4n) is 3.64. The highest BCUT2D eigenvalue weighted by molar-refractivity contribution is 6.26. The first-order valence-electron chi connectivity index (χ1n) is 12.9. The van der Waals surface area contributed by atoms with Crippen molar-refractivity contribution in [2.45, 2.75) is 82.2 Å². The Morgan fingerprint density at radius 1 is 0.647 bits per heavy atom. The Bertz CT molecular complexity index is 1220. The van der Waals surface area contributed by atoms with Crippen molar-refractivity contribution in [3.8, 4) is 0 Å². The molecule has 4 nitrogen and oxygen atoms in total. The van der Waals surface area contributed by atoms with Gasteiger partial charge in [0.05, 0.1) is 17.1 Å². The SMILES string of the molecule is CC.CC.CC.CC.CC1=c2cc/c([nH]2)=C(\C)c2ccc([nH]2)C2C=CC(=N2)/C(C)=C2/C=CC1=N2.[2HH].[2HH].[2HH]. The molecule has 1 unspecified atom stereocenters. The molecule has 0 amide bonds. The second-order valence-corrected chi connectivity index (χ2v) is 7.02. The van der Waals surface area contributed by atoms with E-state index in [0.717, 1.165) is 50.4 Å².